The standard InChI is InChI=1S/C48H39N3/c1-31-46(49-51-45(34-17-18-34)29-36-13-7-8-14-40(36)47(31)51)35-21-25-38(26-22-35)50(37-23-19-33(20-24-37)32-11-5-4-6-12-32)39-27-28-44-42(30-39)41-15-9-10-16-43(41)48(44,2)3/h4-16,19-30,34H,17-18H2,1-3H3. The lowest BCUT2D eigenvalue weighted by Crippen LogP contribution is -2.15. The molecule has 0 amide bonds. The predicted octanol–water partition coefficient (Wildman–Crippen LogP) is 12.8. The van der Waals surface area contributed by atoms with Gasteiger partial charge >= 0.3 is 0 Å². The van der Waals surface area contributed by atoms with Crippen LogP contribution in [0, 0.1) is 6.92 Å². The molecule has 0 spiro atoms. The van der Waals surface area contributed by atoms with Crippen LogP contribution in [0.4, 0.5) is 17.1 Å². The normalized spacial score (nSPS) is 14.5. The van der Waals surface area contributed by atoms with Gasteiger partial charge in [0, 0.05) is 50.6 Å². The third-order valence-electron chi connectivity index (χ3n) is 11.3. The minimum Gasteiger partial charge on any atom is -0.310 e. The van der Waals surface area contributed by atoms with Crippen molar-refractivity contribution in [2.75, 3.05) is 4.90 Å². The van der Waals surface area contributed by atoms with E-state index in [9.17, 15) is 0 Å². The van der Waals surface area contributed by atoms with Gasteiger partial charge in [-0.1, -0.05) is 123 Å². The van der Waals surface area contributed by atoms with E-state index >= 15 is 0 Å². The summed E-state index contributed by atoms with van der Waals surface area (Å²) in [6.07, 6.45) is 2.48. The highest BCUT2D eigenvalue weighted by molar-refractivity contribution is 5.99. The predicted molar refractivity (Wildman–Crippen MR) is 213 cm³/mol. The first-order chi connectivity index (χ1) is 25.0. The Morgan fingerprint density at radius 3 is 1.94 bits per heavy atom. The Morgan fingerprint density at radius 1 is 0.588 bits per heavy atom. The van der Waals surface area contributed by atoms with Crippen LogP contribution in [-0.4, -0.2) is 9.61 Å². The summed E-state index contributed by atoms with van der Waals surface area (Å²) in [5, 5.41) is 7.86. The second-order valence-corrected chi connectivity index (χ2v) is 14.9. The molecule has 8 aromatic rings. The number of anilines is 3. The van der Waals surface area contributed by atoms with Gasteiger partial charge in [0.1, 0.15) is 0 Å². The summed E-state index contributed by atoms with van der Waals surface area (Å²) >= 11 is 0. The molecule has 6 aromatic carbocycles. The molecule has 0 bridgehead atoms. The van der Waals surface area contributed by atoms with E-state index in [1.807, 2.05) is 0 Å². The van der Waals surface area contributed by atoms with Crippen molar-refractivity contribution in [1.82, 2.24) is 9.61 Å². The van der Waals surface area contributed by atoms with Crippen LogP contribution < -0.4 is 4.90 Å². The highest BCUT2D eigenvalue weighted by Gasteiger charge is 2.35. The maximum Gasteiger partial charge on any atom is 0.0963 e. The summed E-state index contributed by atoms with van der Waals surface area (Å²) in [6, 6.07) is 55.6. The Morgan fingerprint density at radius 2 is 1.20 bits per heavy atom. The molecule has 2 aliphatic rings. The van der Waals surface area contributed by atoms with Crippen molar-refractivity contribution in [3.05, 3.63) is 174 Å². The van der Waals surface area contributed by atoms with E-state index in [1.165, 1.54) is 73.8 Å². The van der Waals surface area contributed by atoms with Crippen LogP contribution in [0.5, 0.6) is 0 Å². The van der Waals surface area contributed by atoms with Crippen molar-refractivity contribution in [2.24, 2.45) is 0 Å². The molecule has 2 heterocycles. The van der Waals surface area contributed by atoms with Gasteiger partial charge in [0.2, 0.25) is 0 Å². The molecule has 0 saturated heterocycles. The van der Waals surface area contributed by atoms with Gasteiger partial charge in [-0.3, -0.25) is 0 Å². The van der Waals surface area contributed by atoms with Crippen LogP contribution >= 0.6 is 0 Å². The molecule has 2 aliphatic carbocycles. The smallest absolute Gasteiger partial charge is 0.0963 e. The largest absolute Gasteiger partial charge is 0.310 e. The maximum atomic E-state index is 5.30. The number of hydrogen-bond acceptors (Lipinski definition) is 2. The number of benzene rings is 6. The monoisotopic (exact) mass is 657 g/mol. The van der Waals surface area contributed by atoms with Crippen LogP contribution in [0.3, 0.4) is 0 Å². The Bertz CT molecular complexity index is 2610. The van der Waals surface area contributed by atoms with Gasteiger partial charge in [-0.2, -0.15) is 5.10 Å². The molecule has 1 saturated carbocycles. The summed E-state index contributed by atoms with van der Waals surface area (Å²) in [7, 11) is 0. The lowest BCUT2D eigenvalue weighted by molar-refractivity contribution is 0.660. The van der Waals surface area contributed by atoms with Crippen molar-refractivity contribution in [1.29, 1.82) is 0 Å². The summed E-state index contributed by atoms with van der Waals surface area (Å²) in [6.45, 7) is 6.92. The van der Waals surface area contributed by atoms with Gasteiger partial charge in [0.05, 0.1) is 11.2 Å². The molecular formula is C48H39N3. The van der Waals surface area contributed by atoms with E-state index in [0.717, 1.165) is 28.3 Å². The van der Waals surface area contributed by atoms with Gasteiger partial charge < -0.3 is 4.90 Å². The number of aromatic nitrogens is 2. The first-order valence-corrected chi connectivity index (χ1v) is 18.2. The second kappa shape index (κ2) is 11.3. The third kappa shape index (κ3) is 4.76. The van der Waals surface area contributed by atoms with E-state index < -0.39 is 0 Å². The van der Waals surface area contributed by atoms with Crippen LogP contribution in [0.25, 0.3) is 49.8 Å². The van der Waals surface area contributed by atoms with Gasteiger partial charge in [-0.25, -0.2) is 4.52 Å². The van der Waals surface area contributed by atoms with Crippen LogP contribution in [0.15, 0.2) is 152 Å². The summed E-state index contributed by atoms with van der Waals surface area (Å²) < 4.78 is 2.24. The van der Waals surface area contributed by atoms with E-state index in [-0.39, 0.29) is 5.41 Å². The molecule has 0 radical (unpaired) electrons. The molecule has 246 valence electrons. The lowest BCUT2D eigenvalue weighted by atomic mass is 9.82. The SMILES string of the molecule is Cc1c(-c2ccc(N(c3ccc(-c4ccccc4)cc3)c3ccc4c(c3)-c3ccccc3C4(C)C)cc2)nn2c(C3CC3)cc3ccccc3c12. The first kappa shape index (κ1) is 29.9. The average Bonchev–Trinajstić information content (AvgIpc) is 3.93. The zero-order chi connectivity index (χ0) is 34.3. The number of hydrogen-bond donors (Lipinski definition) is 0. The van der Waals surface area contributed by atoms with Crippen LogP contribution in [0.2, 0.25) is 0 Å². The molecule has 0 unspecified atom stereocenters. The summed E-state index contributed by atoms with van der Waals surface area (Å²) in [5.41, 5.74) is 17.2. The highest BCUT2D eigenvalue weighted by Crippen LogP contribution is 2.51. The number of pyridine rings is 1. The molecule has 10 rings (SSSR count). The Hall–Kier alpha value is -5.93. The summed E-state index contributed by atoms with van der Waals surface area (Å²) in [5.74, 6) is 0.596. The zero-order valence-corrected chi connectivity index (χ0v) is 29.3. The lowest BCUT2D eigenvalue weighted by Gasteiger charge is -2.27. The maximum absolute atomic E-state index is 5.30. The van der Waals surface area contributed by atoms with Crippen molar-refractivity contribution in [2.45, 2.75) is 44.9 Å². The fourth-order valence-electron chi connectivity index (χ4n) is 8.50. The Kier molecular flexibility index (Phi) is 6.63. The molecule has 0 N–H and O–H groups in total. The molecule has 0 aliphatic heterocycles. The van der Waals surface area contributed by atoms with Gasteiger partial charge in [-0.05, 0) is 101 Å². The van der Waals surface area contributed by atoms with Crippen LogP contribution in [0.1, 0.15) is 55.0 Å². The van der Waals surface area contributed by atoms with E-state index in [2.05, 4.69) is 182 Å². The number of rotatable bonds is 6. The number of aryl methyl sites for hydroxylation is 1. The Labute approximate surface area is 299 Å². The molecule has 51 heavy (non-hydrogen) atoms. The zero-order valence-electron chi connectivity index (χ0n) is 29.3. The fourth-order valence-corrected chi connectivity index (χ4v) is 8.50. The molecular weight excluding hydrogens is 619 g/mol. The van der Waals surface area contributed by atoms with E-state index in [1.54, 1.807) is 0 Å². The molecule has 2 aromatic heterocycles. The van der Waals surface area contributed by atoms with E-state index in [0.29, 0.717) is 5.92 Å². The number of nitrogens with zero attached hydrogens (tertiary/aromatic N) is 3. The third-order valence-corrected chi connectivity index (χ3v) is 11.3. The topological polar surface area (TPSA) is 20.5 Å². The fraction of sp³-hybridized carbons (Fsp3) is 0.146. The summed E-state index contributed by atoms with van der Waals surface area (Å²) in [4.78, 5) is 2.39. The van der Waals surface area contributed by atoms with E-state index in [4.69, 9.17) is 5.10 Å². The minimum atomic E-state index is -0.0368. The first-order valence-electron chi connectivity index (χ1n) is 18.2. The van der Waals surface area contributed by atoms with Crippen LogP contribution in [-0.2, 0) is 5.41 Å². The van der Waals surface area contributed by atoms with Crippen molar-refractivity contribution >= 4 is 33.4 Å². The Balaban J connectivity index is 1.10. The molecule has 0 atom stereocenters. The van der Waals surface area contributed by atoms with Crippen molar-refractivity contribution in [3.63, 3.8) is 0 Å². The highest BCUT2D eigenvalue weighted by atomic mass is 15.2. The second-order valence-electron chi connectivity index (χ2n) is 14.9. The van der Waals surface area contributed by atoms with Crippen molar-refractivity contribution in [3.8, 4) is 33.5 Å². The molecule has 3 heteroatoms. The average molecular weight is 658 g/mol. The quantitative estimate of drug-likeness (QED) is 0.177. The van der Waals surface area contributed by atoms with Crippen molar-refractivity contribution < 1.29 is 0 Å². The molecule has 3 nitrogen and oxygen atoms in total. The number of fused-ring (bicyclic) bond motifs is 6. The van der Waals surface area contributed by atoms with Gasteiger partial charge in [-0.15, -0.1) is 0 Å². The minimum absolute atomic E-state index is 0.0368. The van der Waals surface area contributed by atoms with Gasteiger partial charge in [0.25, 0.3) is 0 Å². The molecule has 1 fully saturated rings. The van der Waals surface area contributed by atoms with Gasteiger partial charge in [0.15, 0.2) is 0 Å².